The van der Waals surface area contributed by atoms with Crippen molar-refractivity contribution in [3.05, 3.63) is 58.9 Å². The van der Waals surface area contributed by atoms with Crippen LogP contribution in [-0.2, 0) is 9.59 Å². The average molecular weight is 464 g/mol. The maximum absolute atomic E-state index is 13.7. The number of anilines is 1. The third-order valence-electron chi connectivity index (χ3n) is 4.48. The second kappa shape index (κ2) is 9.81. The van der Waals surface area contributed by atoms with Crippen LogP contribution in [0, 0.1) is 31.3 Å². The highest BCUT2D eigenvalue weighted by Crippen LogP contribution is 2.26. The van der Waals surface area contributed by atoms with Gasteiger partial charge in [-0.3, -0.25) is 9.59 Å². The molecule has 0 saturated heterocycles. The van der Waals surface area contributed by atoms with E-state index in [1.54, 1.807) is 6.92 Å². The Hall–Kier alpha value is -3.41. The second-order valence-corrected chi connectivity index (χ2v) is 8.17. The van der Waals surface area contributed by atoms with E-state index >= 15 is 0 Å². The number of benzene rings is 2. The normalized spacial score (nSPS) is 11.8. The van der Waals surface area contributed by atoms with Crippen LogP contribution >= 0.6 is 11.8 Å². The van der Waals surface area contributed by atoms with Gasteiger partial charge in [-0.15, -0.1) is 5.10 Å². The van der Waals surface area contributed by atoms with E-state index in [0.29, 0.717) is 11.2 Å². The van der Waals surface area contributed by atoms with E-state index in [2.05, 4.69) is 26.2 Å². The summed E-state index contributed by atoms with van der Waals surface area (Å²) in [5.74, 6) is -5.89. The molecule has 0 fully saturated rings. The fourth-order valence-corrected chi connectivity index (χ4v) is 3.69. The lowest BCUT2D eigenvalue weighted by Gasteiger charge is -2.14. The number of amides is 2. The highest BCUT2D eigenvalue weighted by molar-refractivity contribution is 8.00. The Morgan fingerprint density at radius 3 is 2.47 bits per heavy atom. The molecule has 168 valence electrons. The quantitative estimate of drug-likeness (QED) is 0.412. The van der Waals surface area contributed by atoms with E-state index < -0.39 is 46.7 Å². The number of nitrogens with zero attached hydrogens (tertiary/aromatic N) is 4. The molecule has 1 heterocycles. The number of aromatic nitrogens is 4. The molecule has 1 atom stereocenters. The van der Waals surface area contributed by atoms with Crippen LogP contribution in [0.4, 0.5) is 18.9 Å². The van der Waals surface area contributed by atoms with Gasteiger partial charge >= 0.3 is 0 Å². The van der Waals surface area contributed by atoms with Crippen molar-refractivity contribution in [3.8, 4) is 5.69 Å². The first-order valence-electron chi connectivity index (χ1n) is 9.41. The maximum atomic E-state index is 13.7. The first kappa shape index (κ1) is 23.3. The molecule has 2 N–H and O–H groups in total. The highest BCUT2D eigenvalue weighted by atomic mass is 32.2. The number of hydrogen-bond donors (Lipinski definition) is 2. The standard InChI is InChI=1S/C20H19F3N6O2S/c1-10-5-4-6-11(2)18(10)29-20(26-27-28-29)32-12(3)19(31)24-9-15(30)25-14-8-7-13(21)16(22)17(14)23/h4-8,12H,9H2,1-3H3,(H,24,31)(H,25,30). The molecule has 0 aliphatic carbocycles. The Balaban J connectivity index is 1.60. The predicted molar refractivity (Wildman–Crippen MR) is 112 cm³/mol. The van der Waals surface area contributed by atoms with Gasteiger partial charge in [0, 0.05) is 0 Å². The molecule has 32 heavy (non-hydrogen) atoms. The van der Waals surface area contributed by atoms with E-state index in [1.165, 1.54) is 4.68 Å². The molecule has 0 saturated carbocycles. The Morgan fingerprint density at radius 2 is 1.78 bits per heavy atom. The lowest BCUT2D eigenvalue weighted by atomic mass is 10.1. The molecule has 0 spiro atoms. The van der Waals surface area contributed by atoms with Crippen LogP contribution in [0.3, 0.4) is 0 Å². The predicted octanol–water partition coefficient (Wildman–Crippen LogP) is 2.93. The molecular formula is C20H19F3N6O2S. The monoisotopic (exact) mass is 464 g/mol. The minimum absolute atomic E-state index is 0.387. The minimum atomic E-state index is -1.70. The zero-order valence-electron chi connectivity index (χ0n) is 17.3. The van der Waals surface area contributed by atoms with Gasteiger partial charge < -0.3 is 10.6 Å². The molecule has 1 aromatic heterocycles. The number of para-hydroxylation sites is 1. The van der Waals surface area contributed by atoms with Crippen molar-refractivity contribution in [3.63, 3.8) is 0 Å². The molecule has 3 rings (SSSR count). The summed E-state index contributed by atoms with van der Waals surface area (Å²) in [5, 5.41) is 15.9. The minimum Gasteiger partial charge on any atom is -0.346 e. The number of carbonyl (C=O) groups is 2. The summed E-state index contributed by atoms with van der Waals surface area (Å²) in [7, 11) is 0. The van der Waals surface area contributed by atoms with Gasteiger partial charge in [-0.25, -0.2) is 13.2 Å². The molecule has 0 aliphatic heterocycles. The van der Waals surface area contributed by atoms with Gasteiger partial charge in [0.25, 0.3) is 0 Å². The summed E-state index contributed by atoms with van der Waals surface area (Å²) in [5.41, 5.74) is 2.19. The summed E-state index contributed by atoms with van der Waals surface area (Å²) in [4.78, 5) is 24.4. The molecular weight excluding hydrogens is 445 g/mol. The van der Waals surface area contributed by atoms with Crippen LogP contribution in [0.5, 0.6) is 0 Å². The van der Waals surface area contributed by atoms with Gasteiger partial charge in [-0.2, -0.15) is 4.68 Å². The topological polar surface area (TPSA) is 102 Å². The van der Waals surface area contributed by atoms with Crippen LogP contribution in [0.25, 0.3) is 5.69 Å². The van der Waals surface area contributed by atoms with Gasteiger partial charge in [0.1, 0.15) is 0 Å². The van der Waals surface area contributed by atoms with E-state index in [-0.39, 0.29) is 0 Å². The Labute approximate surface area is 185 Å². The zero-order chi connectivity index (χ0) is 23.4. The van der Waals surface area contributed by atoms with Gasteiger partial charge in [-0.05, 0) is 54.5 Å². The Kier molecular flexibility index (Phi) is 7.13. The fourth-order valence-electron chi connectivity index (χ4n) is 2.87. The van der Waals surface area contributed by atoms with E-state index in [9.17, 15) is 22.8 Å². The van der Waals surface area contributed by atoms with Crippen molar-refractivity contribution in [2.24, 2.45) is 0 Å². The third-order valence-corrected chi connectivity index (χ3v) is 5.51. The first-order chi connectivity index (χ1) is 15.2. The van der Waals surface area contributed by atoms with E-state index in [0.717, 1.165) is 34.6 Å². The maximum Gasteiger partial charge on any atom is 0.243 e. The Morgan fingerprint density at radius 1 is 1.09 bits per heavy atom. The summed E-state index contributed by atoms with van der Waals surface area (Å²) >= 11 is 1.09. The molecule has 0 bridgehead atoms. The number of carbonyl (C=O) groups excluding carboxylic acids is 2. The lowest BCUT2D eigenvalue weighted by Crippen LogP contribution is -2.37. The van der Waals surface area contributed by atoms with E-state index in [1.807, 2.05) is 32.0 Å². The number of rotatable bonds is 7. The van der Waals surface area contributed by atoms with Gasteiger partial charge in [-0.1, -0.05) is 30.0 Å². The average Bonchev–Trinajstić information content (AvgIpc) is 3.20. The van der Waals surface area contributed by atoms with Crippen LogP contribution in [-0.4, -0.2) is 43.8 Å². The molecule has 2 amide bonds. The van der Waals surface area contributed by atoms with Crippen molar-refractivity contribution >= 4 is 29.3 Å². The fraction of sp³-hybridized carbons (Fsp3) is 0.250. The van der Waals surface area contributed by atoms with Crippen molar-refractivity contribution in [1.29, 1.82) is 0 Å². The second-order valence-electron chi connectivity index (χ2n) is 6.86. The van der Waals surface area contributed by atoms with Gasteiger partial charge in [0.15, 0.2) is 17.5 Å². The van der Waals surface area contributed by atoms with Crippen molar-refractivity contribution in [2.45, 2.75) is 31.2 Å². The Bertz CT molecular complexity index is 1150. The molecule has 2 aromatic carbocycles. The van der Waals surface area contributed by atoms with Gasteiger partial charge in [0.2, 0.25) is 17.0 Å². The molecule has 0 radical (unpaired) electrons. The summed E-state index contributed by atoms with van der Waals surface area (Å²) in [6.45, 7) is 4.95. The van der Waals surface area contributed by atoms with Crippen LogP contribution in [0.15, 0.2) is 35.5 Å². The molecule has 12 heteroatoms. The first-order valence-corrected chi connectivity index (χ1v) is 10.3. The van der Waals surface area contributed by atoms with Crippen molar-refractivity contribution in [2.75, 3.05) is 11.9 Å². The smallest absolute Gasteiger partial charge is 0.243 e. The van der Waals surface area contributed by atoms with Crippen molar-refractivity contribution in [1.82, 2.24) is 25.5 Å². The van der Waals surface area contributed by atoms with Gasteiger partial charge in [0.05, 0.1) is 23.2 Å². The summed E-state index contributed by atoms with van der Waals surface area (Å²) < 4.78 is 41.4. The summed E-state index contributed by atoms with van der Waals surface area (Å²) in [6.07, 6.45) is 0. The van der Waals surface area contributed by atoms with E-state index in [4.69, 9.17) is 0 Å². The number of nitrogens with one attached hydrogen (secondary N) is 2. The number of thioether (sulfide) groups is 1. The summed E-state index contributed by atoms with van der Waals surface area (Å²) in [6, 6.07) is 7.33. The third kappa shape index (κ3) is 5.07. The molecule has 1 unspecified atom stereocenters. The highest BCUT2D eigenvalue weighted by Gasteiger charge is 2.21. The molecule has 3 aromatic rings. The zero-order valence-corrected chi connectivity index (χ0v) is 18.1. The number of tetrazole rings is 1. The van der Waals surface area contributed by atoms with Crippen molar-refractivity contribution < 1.29 is 22.8 Å². The van der Waals surface area contributed by atoms with Crippen LogP contribution < -0.4 is 10.6 Å². The molecule has 0 aliphatic rings. The lowest BCUT2D eigenvalue weighted by molar-refractivity contribution is -0.123. The van der Waals surface area contributed by atoms with Crippen LogP contribution in [0.1, 0.15) is 18.1 Å². The number of halogens is 3. The largest absolute Gasteiger partial charge is 0.346 e. The SMILES string of the molecule is Cc1cccc(C)c1-n1nnnc1SC(C)C(=O)NCC(=O)Nc1ccc(F)c(F)c1F. The number of hydrogen-bond acceptors (Lipinski definition) is 6. The number of aryl methyl sites for hydroxylation is 2. The van der Waals surface area contributed by atoms with Crippen LogP contribution in [0.2, 0.25) is 0 Å². The molecule has 8 nitrogen and oxygen atoms in total.